The first kappa shape index (κ1) is 60.1. The van der Waals surface area contributed by atoms with Crippen molar-refractivity contribution in [2.24, 2.45) is 0 Å². The standard InChI is InChI=1S/C56H105NO5/c1-4-7-10-13-16-19-21-23-25-27-28-30-32-34-37-40-43-46-49-56(61)62-52(47-44-41-38-36-33-31-29-26-24-22-20-17-14-11-8-5-2)50-55(60)57-53(51-58)54(59)48-45-42-39-35-18-15-12-9-6-3/h22,24,26,29,31,33,52-54,58-59H,4-21,23,25,27-28,30,32,34-51H2,1-3H3,(H,57,60)/b24-22+,29-26+,33-31+. The number of aliphatic hydroxyl groups is 2. The Morgan fingerprint density at radius 2 is 0.823 bits per heavy atom. The topological polar surface area (TPSA) is 95.9 Å². The average molecular weight is 872 g/mol. The number of esters is 1. The van der Waals surface area contributed by atoms with Crippen LogP contribution in [0.2, 0.25) is 0 Å². The predicted octanol–water partition coefficient (Wildman–Crippen LogP) is 16.5. The van der Waals surface area contributed by atoms with E-state index in [2.05, 4.69) is 62.5 Å². The van der Waals surface area contributed by atoms with E-state index in [1.54, 1.807) is 0 Å². The van der Waals surface area contributed by atoms with Crippen molar-refractivity contribution in [2.75, 3.05) is 6.61 Å². The van der Waals surface area contributed by atoms with Crippen molar-refractivity contribution >= 4 is 11.9 Å². The Balaban J connectivity index is 4.57. The predicted molar refractivity (Wildman–Crippen MR) is 269 cm³/mol. The molecular formula is C56H105NO5. The van der Waals surface area contributed by atoms with Gasteiger partial charge in [-0.25, -0.2) is 0 Å². The molecule has 0 fully saturated rings. The van der Waals surface area contributed by atoms with Gasteiger partial charge in [0.1, 0.15) is 6.10 Å². The van der Waals surface area contributed by atoms with Gasteiger partial charge >= 0.3 is 5.97 Å². The Kier molecular flexibility index (Phi) is 48.5. The summed E-state index contributed by atoms with van der Waals surface area (Å²) in [5.41, 5.74) is 0. The fourth-order valence-corrected chi connectivity index (χ4v) is 8.37. The van der Waals surface area contributed by atoms with Crippen LogP contribution in [0.5, 0.6) is 0 Å². The van der Waals surface area contributed by atoms with Gasteiger partial charge in [-0.1, -0.05) is 256 Å². The van der Waals surface area contributed by atoms with Crippen LogP contribution in [0.3, 0.4) is 0 Å². The highest BCUT2D eigenvalue weighted by Gasteiger charge is 2.24. The number of aliphatic hydroxyl groups excluding tert-OH is 2. The van der Waals surface area contributed by atoms with Crippen molar-refractivity contribution in [1.82, 2.24) is 5.32 Å². The molecule has 0 heterocycles. The molecule has 0 saturated heterocycles. The highest BCUT2D eigenvalue weighted by molar-refractivity contribution is 5.77. The molecule has 0 aliphatic heterocycles. The summed E-state index contributed by atoms with van der Waals surface area (Å²) in [4.78, 5) is 26.2. The number of nitrogens with one attached hydrogen (secondary N) is 1. The number of hydrogen-bond donors (Lipinski definition) is 3. The molecule has 0 saturated carbocycles. The number of allylic oxidation sites excluding steroid dienone is 6. The van der Waals surface area contributed by atoms with Crippen LogP contribution < -0.4 is 5.32 Å². The van der Waals surface area contributed by atoms with Gasteiger partial charge in [0, 0.05) is 6.42 Å². The normalized spacial score (nSPS) is 13.4. The number of unbranched alkanes of at least 4 members (excludes halogenated alkanes) is 33. The molecule has 0 aromatic heterocycles. The minimum atomic E-state index is -0.793. The molecule has 0 aliphatic rings. The fraction of sp³-hybridized carbons (Fsp3) is 0.857. The number of hydrogen-bond acceptors (Lipinski definition) is 5. The van der Waals surface area contributed by atoms with E-state index in [4.69, 9.17) is 4.74 Å². The van der Waals surface area contributed by atoms with Gasteiger partial charge in [0.25, 0.3) is 0 Å². The summed E-state index contributed by atoms with van der Waals surface area (Å²) >= 11 is 0. The van der Waals surface area contributed by atoms with Gasteiger partial charge in [-0.2, -0.15) is 0 Å². The molecule has 0 radical (unpaired) electrons. The van der Waals surface area contributed by atoms with E-state index in [0.717, 1.165) is 70.6 Å². The number of ether oxygens (including phenoxy) is 1. The molecule has 1 amide bonds. The molecule has 62 heavy (non-hydrogen) atoms. The number of rotatable bonds is 49. The van der Waals surface area contributed by atoms with E-state index in [1.165, 1.54) is 167 Å². The minimum absolute atomic E-state index is 0.0586. The highest BCUT2D eigenvalue weighted by Crippen LogP contribution is 2.18. The molecule has 0 aromatic rings. The molecule has 0 aliphatic carbocycles. The van der Waals surface area contributed by atoms with E-state index in [-0.39, 0.29) is 24.9 Å². The van der Waals surface area contributed by atoms with E-state index in [0.29, 0.717) is 19.3 Å². The molecule has 0 bridgehead atoms. The maximum absolute atomic E-state index is 13.2. The van der Waals surface area contributed by atoms with Gasteiger partial charge < -0.3 is 20.3 Å². The second-order valence-electron chi connectivity index (χ2n) is 18.7. The summed E-state index contributed by atoms with van der Waals surface area (Å²) in [6.07, 6.45) is 59.3. The Labute approximate surface area is 385 Å². The molecule has 0 aromatic carbocycles. The van der Waals surface area contributed by atoms with Crippen molar-refractivity contribution in [2.45, 2.75) is 302 Å². The summed E-state index contributed by atoms with van der Waals surface area (Å²) in [7, 11) is 0. The third-order valence-electron chi connectivity index (χ3n) is 12.5. The third kappa shape index (κ3) is 44.7. The Morgan fingerprint density at radius 1 is 0.468 bits per heavy atom. The van der Waals surface area contributed by atoms with Gasteiger partial charge in [-0.15, -0.1) is 0 Å². The first-order valence-corrected chi connectivity index (χ1v) is 27.2. The zero-order chi connectivity index (χ0) is 45.2. The second-order valence-corrected chi connectivity index (χ2v) is 18.7. The lowest BCUT2D eigenvalue weighted by Gasteiger charge is -2.24. The molecular weight excluding hydrogens is 767 g/mol. The summed E-state index contributed by atoms with van der Waals surface area (Å²) < 4.78 is 5.93. The molecule has 0 rings (SSSR count). The largest absolute Gasteiger partial charge is 0.462 e. The molecule has 6 nitrogen and oxygen atoms in total. The van der Waals surface area contributed by atoms with Crippen LogP contribution in [0.25, 0.3) is 0 Å². The van der Waals surface area contributed by atoms with Gasteiger partial charge in [0.2, 0.25) is 5.91 Å². The second kappa shape index (κ2) is 50.1. The monoisotopic (exact) mass is 872 g/mol. The zero-order valence-corrected chi connectivity index (χ0v) is 41.5. The SMILES string of the molecule is CCCCCCC/C=C/C=C/C=C/CCCCCC(CC(=O)NC(CO)C(O)CCCCCCCCCCC)OC(=O)CCCCCCCCCCCCCCCCCCCC. The summed E-state index contributed by atoms with van der Waals surface area (Å²) in [6.45, 7) is 6.46. The van der Waals surface area contributed by atoms with Crippen LogP contribution >= 0.6 is 0 Å². The fourth-order valence-electron chi connectivity index (χ4n) is 8.37. The van der Waals surface area contributed by atoms with E-state index < -0.39 is 18.2 Å². The van der Waals surface area contributed by atoms with Gasteiger partial charge in [0.15, 0.2) is 0 Å². The molecule has 364 valence electrons. The van der Waals surface area contributed by atoms with Crippen LogP contribution in [0.4, 0.5) is 0 Å². The molecule has 0 spiro atoms. The summed E-state index contributed by atoms with van der Waals surface area (Å²) in [5, 5.41) is 23.7. The lowest BCUT2D eigenvalue weighted by Crippen LogP contribution is -2.46. The summed E-state index contributed by atoms with van der Waals surface area (Å²) in [6, 6.07) is -0.709. The third-order valence-corrected chi connectivity index (χ3v) is 12.5. The molecule has 6 heteroatoms. The quantitative estimate of drug-likeness (QED) is 0.0321. The minimum Gasteiger partial charge on any atom is -0.462 e. The average Bonchev–Trinajstić information content (AvgIpc) is 3.26. The maximum atomic E-state index is 13.2. The first-order chi connectivity index (χ1) is 30.5. The van der Waals surface area contributed by atoms with Gasteiger partial charge in [-0.3, -0.25) is 9.59 Å². The summed E-state index contributed by atoms with van der Waals surface area (Å²) in [5.74, 6) is -0.495. The van der Waals surface area contributed by atoms with Crippen LogP contribution in [0.1, 0.15) is 284 Å². The number of carbonyl (C=O) groups is 2. The van der Waals surface area contributed by atoms with Gasteiger partial charge in [0.05, 0.1) is 25.2 Å². The Bertz CT molecular complexity index is 1020. The van der Waals surface area contributed by atoms with Crippen molar-refractivity contribution in [3.63, 3.8) is 0 Å². The molecule has 3 N–H and O–H groups in total. The van der Waals surface area contributed by atoms with Crippen LogP contribution in [0.15, 0.2) is 36.5 Å². The van der Waals surface area contributed by atoms with Crippen molar-refractivity contribution in [3.05, 3.63) is 36.5 Å². The van der Waals surface area contributed by atoms with Crippen LogP contribution in [-0.4, -0.2) is 46.9 Å². The van der Waals surface area contributed by atoms with E-state index >= 15 is 0 Å². The van der Waals surface area contributed by atoms with Crippen molar-refractivity contribution < 1.29 is 24.5 Å². The Morgan fingerprint density at radius 3 is 1.24 bits per heavy atom. The van der Waals surface area contributed by atoms with Crippen LogP contribution in [-0.2, 0) is 14.3 Å². The smallest absolute Gasteiger partial charge is 0.306 e. The number of carbonyl (C=O) groups excluding carboxylic acids is 2. The van der Waals surface area contributed by atoms with E-state index in [9.17, 15) is 19.8 Å². The zero-order valence-electron chi connectivity index (χ0n) is 41.5. The maximum Gasteiger partial charge on any atom is 0.306 e. The van der Waals surface area contributed by atoms with Crippen molar-refractivity contribution in [3.8, 4) is 0 Å². The van der Waals surface area contributed by atoms with Crippen molar-refractivity contribution in [1.29, 1.82) is 0 Å². The molecule has 3 unspecified atom stereocenters. The van der Waals surface area contributed by atoms with E-state index in [1.807, 2.05) is 0 Å². The Hall–Kier alpha value is -1.92. The van der Waals surface area contributed by atoms with Crippen LogP contribution in [0, 0.1) is 0 Å². The van der Waals surface area contributed by atoms with Gasteiger partial charge in [-0.05, 0) is 51.4 Å². The first-order valence-electron chi connectivity index (χ1n) is 27.2. The lowest BCUT2D eigenvalue weighted by molar-refractivity contribution is -0.151. The molecule has 3 atom stereocenters. The lowest BCUT2D eigenvalue weighted by atomic mass is 10.0. The highest BCUT2D eigenvalue weighted by atomic mass is 16.5. The number of amides is 1.